The lowest BCUT2D eigenvalue weighted by molar-refractivity contribution is -0.0683. The van der Waals surface area contributed by atoms with Gasteiger partial charge in [-0.1, -0.05) is 32.0 Å². The molecule has 1 heterocycles. The third-order valence-electron chi connectivity index (χ3n) is 5.00. The molecular weight excluding hydrogens is 344 g/mol. The van der Waals surface area contributed by atoms with Gasteiger partial charge in [0.2, 0.25) is 5.92 Å². The number of halogens is 2. The number of sulfone groups is 1. The second kappa shape index (κ2) is 8.12. The molecule has 3 nitrogen and oxygen atoms in total. The highest BCUT2D eigenvalue weighted by Gasteiger charge is 2.41. The van der Waals surface area contributed by atoms with Gasteiger partial charge < -0.3 is 0 Å². The number of benzene rings is 1. The number of likely N-dealkylation sites (tertiary alicyclic amines) is 1. The Morgan fingerprint density at radius 2 is 1.84 bits per heavy atom. The van der Waals surface area contributed by atoms with Crippen LogP contribution in [0.3, 0.4) is 0 Å². The number of piperidine rings is 1. The number of alkyl halides is 2. The van der Waals surface area contributed by atoms with E-state index in [9.17, 15) is 17.2 Å². The minimum absolute atomic E-state index is 0.137. The Hall–Kier alpha value is -1.01. The number of nitrogens with zero attached hydrogens (tertiary/aromatic N) is 1. The highest BCUT2D eigenvalue weighted by Crippen LogP contribution is 2.34. The minimum atomic E-state index is -3.58. The number of hydrogen-bond donors (Lipinski definition) is 0. The van der Waals surface area contributed by atoms with E-state index in [-0.39, 0.29) is 11.4 Å². The first-order valence-electron chi connectivity index (χ1n) is 9.03. The Bertz CT molecular complexity index is 641. The van der Waals surface area contributed by atoms with E-state index in [1.807, 2.05) is 13.8 Å². The van der Waals surface area contributed by atoms with Gasteiger partial charge in [-0.05, 0) is 57.2 Å². The molecule has 0 bridgehead atoms. The Labute approximate surface area is 150 Å². The molecule has 6 heteroatoms. The molecule has 1 fully saturated rings. The predicted molar refractivity (Wildman–Crippen MR) is 96.4 cm³/mol. The molecule has 142 valence electrons. The molecule has 0 amide bonds. The van der Waals surface area contributed by atoms with Gasteiger partial charge in [-0.25, -0.2) is 17.2 Å². The molecule has 0 N–H and O–H groups in total. The third kappa shape index (κ3) is 5.23. The molecule has 2 unspecified atom stereocenters. The van der Waals surface area contributed by atoms with Gasteiger partial charge in [-0.15, -0.1) is 0 Å². The second-order valence-corrected chi connectivity index (χ2v) is 9.68. The summed E-state index contributed by atoms with van der Waals surface area (Å²) < 4.78 is 53.9. The van der Waals surface area contributed by atoms with Crippen LogP contribution in [0.2, 0.25) is 0 Å². The first-order valence-corrected chi connectivity index (χ1v) is 10.6. The lowest BCUT2D eigenvalue weighted by Crippen LogP contribution is -2.49. The molecule has 0 saturated carbocycles. The van der Waals surface area contributed by atoms with E-state index in [0.717, 1.165) is 13.3 Å². The maximum Gasteiger partial charge on any atom is 0.249 e. The van der Waals surface area contributed by atoms with Crippen molar-refractivity contribution >= 4 is 9.84 Å². The molecule has 1 saturated heterocycles. The molecule has 0 aliphatic carbocycles. The van der Waals surface area contributed by atoms with Crippen molar-refractivity contribution in [2.75, 3.05) is 13.1 Å². The zero-order valence-electron chi connectivity index (χ0n) is 15.3. The minimum Gasteiger partial charge on any atom is -0.286 e. The fourth-order valence-electron chi connectivity index (χ4n) is 3.46. The van der Waals surface area contributed by atoms with Crippen molar-refractivity contribution in [3.8, 4) is 0 Å². The van der Waals surface area contributed by atoms with Crippen molar-refractivity contribution in [3.05, 3.63) is 30.3 Å². The molecule has 0 spiro atoms. The van der Waals surface area contributed by atoms with Crippen molar-refractivity contribution in [2.24, 2.45) is 11.8 Å². The van der Waals surface area contributed by atoms with Gasteiger partial charge in [-0.3, -0.25) is 4.90 Å². The van der Waals surface area contributed by atoms with Crippen molar-refractivity contribution in [1.29, 1.82) is 0 Å². The van der Waals surface area contributed by atoms with E-state index < -0.39 is 27.1 Å². The Balaban J connectivity index is 2.29. The topological polar surface area (TPSA) is 37.4 Å². The van der Waals surface area contributed by atoms with Gasteiger partial charge in [-0.2, -0.15) is 0 Å². The maximum absolute atomic E-state index is 13.8. The van der Waals surface area contributed by atoms with Gasteiger partial charge in [0.15, 0.2) is 9.84 Å². The molecule has 2 atom stereocenters. The molecule has 1 aromatic carbocycles. The summed E-state index contributed by atoms with van der Waals surface area (Å²) in [6.07, 6.45) is 2.27. The van der Waals surface area contributed by atoms with Crippen LogP contribution in [0.15, 0.2) is 35.2 Å². The van der Waals surface area contributed by atoms with Crippen LogP contribution in [0.5, 0.6) is 0 Å². The van der Waals surface area contributed by atoms with Crippen LogP contribution in [0.1, 0.15) is 46.5 Å². The summed E-state index contributed by atoms with van der Waals surface area (Å²) in [5.74, 6) is -3.20. The average molecular weight is 374 g/mol. The molecule has 1 aliphatic rings. The van der Waals surface area contributed by atoms with E-state index in [0.29, 0.717) is 31.7 Å². The zero-order valence-corrected chi connectivity index (χ0v) is 16.1. The van der Waals surface area contributed by atoms with Crippen LogP contribution in [0.25, 0.3) is 0 Å². The van der Waals surface area contributed by atoms with Gasteiger partial charge in [0, 0.05) is 12.5 Å². The Kier molecular flexibility index (Phi) is 6.60. The molecular formula is C19H29F2NO2S. The number of rotatable bonds is 7. The lowest BCUT2D eigenvalue weighted by atomic mass is 9.92. The van der Waals surface area contributed by atoms with Crippen LogP contribution >= 0.6 is 0 Å². The SMILES string of the molecule is CC(C)CCC(N1CCCC(C(C)(F)F)C1)S(=O)(=O)c1ccccc1. The van der Waals surface area contributed by atoms with Gasteiger partial charge in [0.1, 0.15) is 5.37 Å². The van der Waals surface area contributed by atoms with E-state index in [1.54, 1.807) is 35.2 Å². The second-order valence-electron chi connectivity index (χ2n) is 7.57. The summed E-state index contributed by atoms with van der Waals surface area (Å²) in [6, 6.07) is 8.36. The summed E-state index contributed by atoms with van der Waals surface area (Å²) in [6.45, 7) is 5.73. The first-order chi connectivity index (χ1) is 11.6. The van der Waals surface area contributed by atoms with Crippen LogP contribution in [-0.2, 0) is 9.84 Å². The molecule has 0 aromatic heterocycles. The van der Waals surface area contributed by atoms with Gasteiger partial charge in [0.05, 0.1) is 4.90 Å². The monoisotopic (exact) mass is 373 g/mol. The smallest absolute Gasteiger partial charge is 0.249 e. The van der Waals surface area contributed by atoms with Crippen molar-refractivity contribution < 1.29 is 17.2 Å². The maximum atomic E-state index is 13.8. The normalized spacial score (nSPS) is 21.4. The summed E-state index contributed by atoms with van der Waals surface area (Å²) >= 11 is 0. The first kappa shape index (κ1) is 20.3. The van der Waals surface area contributed by atoms with Crippen LogP contribution in [0.4, 0.5) is 8.78 Å². The van der Waals surface area contributed by atoms with E-state index in [4.69, 9.17) is 0 Å². The zero-order chi connectivity index (χ0) is 18.7. The van der Waals surface area contributed by atoms with Crippen molar-refractivity contribution in [1.82, 2.24) is 4.90 Å². The predicted octanol–water partition coefficient (Wildman–Crippen LogP) is 4.59. The molecule has 2 rings (SSSR count). The number of hydrogen-bond acceptors (Lipinski definition) is 3. The summed E-state index contributed by atoms with van der Waals surface area (Å²) in [5, 5.41) is -0.734. The lowest BCUT2D eigenvalue weighted by Gasteiger charge is -2.39. The largest absolute Gasteiger partial charge is 0.286 e. The quantitative estimate of drug-likeness (QED) is 0.701. The fourth-order valence-corrected chi connectivity index (χ4v) is 5.34. The summed E-state index contributed by atoms with van der Waals surface area (Å²) in [4.78, 5) is 2.05. The molecule has 1 aliphatic heterocycles. The van der Waals surface area contributed by atoms with E-state index >= 15 is 0 Å². The van der Waals surface area contributed by atoms with E-state index in [1.165, 1.54) is 0 Å². The molecule has 25 heavy (non-hydrogen) atoms. The third-order valence-corrected chi connectivity index (χ3v) is 7.18. The van der Waals surface area contributed by atoms with E-state index in [2.05, 4.69) is 0 Å². The highest BCUT2D eigenvalue weighted by atomic mass is 32.2. The van der Waals surface area contributed by atoms with Crippen molar-refractivity contribution in [2.45, 2.75) is 62.6 Å². The van der Waals surface area contributed by atoms with Gasteiger partial charge >= 0.3 is 0 Å². The Morgan fingerprint density at radius 3 is 2.40 bits per heavy atom. The summed E-state index contributed by atoms with van der Waals surface area (Å²) in [5.41, 5.74) is 0. The summed E-state index contributed by atoms with van der Waals surface area (Å²) in [7, 11) is -3.58. The Morgan fingerprint density at radius 1 is 1.20 bits per heavy atom. The van der Waals surface area contributed by atoms with Crippen LogP contribution in [0, 0.1) is 11.8 Å². The van der Waals surface area contributed by atoms with Gasteiger partial charge in [0.25, 0.3) is 0 Å². The highest BCUT2D eigenvalue weighted by molar-refractivity contribution is 7.92. The fraction of sp³-hybridized carbons (Fsp3) is 0.684. The van der Waals surface area contributed by atoms with Crippen molar-refractivity contribution in [3.63, 3.8) is 0 Å². The van der Waals surface area contributed by atoms with Crippen LogP contribution < -0.4 is 0 Å². The molecule has 0 radical (unpaired) electrons. The molecule has 1 aromatic rings. The van der Waals surface area contributed by atoms with Crippen LogP contribution in [-0.4, -0.2) is 37.7 Å². The standard InChI is InChI=1S/C19H29F2NO2S/c1-15(2)11-12-18(25(23,24)17-9-5-4-6-10-17)22-13-7-8-16(14-22)19(3,20)21/h4-6,9-10,15-16,18H,7-8,11-14H2,1-3H3. The average Bonchev–Trinajstić information content (AvgIpc) is 2.55.